The van der Waals surface area contributed by atoms with E-state index in [-0.39, 0.29) is 37.4 Å². The van der Waals surface area contributed by atoms with Crippen LogP contribution in [-0.4, -0.2) is 65.9 Å². The number of nitrogens with zero attached hydrogens (tertiary/aromatic N) is 3. The average Bonchev–Trinajstić information content (AvgIpc) is 3.07. The summed E-state index contributed by atoms with van der Waals surface area (Å²) in [5.41, 5.74) is 3.61. The highest BCUT2D eigenvalue weighted by atomic mass is 32.1. The van der Waals surface area contributed by atoms with Gasteiger partial charge in [0.25, 0.3) is 5.91 Å². The summed E-state index contributed by atoms with van der Waals surface area (Å²) in [6, 6.07) is 7.88. The molecule has 158 valence electrons. The summed E-state index contributed by atoms with van der Waals surface area (Å²) in [7, 11) is 1.62. The minimum atomic E-state index is -0.204. The Hall–Kier alpha value is -2.71. The summed E-state index contributed by atoms with van der Waals surface area (Å²) in [5.74, 6) is -0.314. The van der Waals surface area contributed by atoms with Crippen LogP contribution in [0.25, 0.3) is 0 Å². The molecule has 1 N–H and O–H groups in total. The van der Waals surface area contributed by atoms with Crippen molar-refractivity contribution in [3.8, 4) is 0 Å². The molecule has 30 heavy (non-hydrogen) atoms. The number of hydrogen-bond acceptors (Lipinski definition) is 5. The van der Waals surface area contributed by atoms with Crippen LogP contribution in [0.1, 0.15) is 31.9 Å². The third kappa shape index (κ3) is 3.61. The van der Waals surface area contributed by atoms with Gasteiger partial charge >= 0.3 is 0 Å². The largest absolute Gasteiger partial charge is 0.395 e. The molecule has 4 rings (SSSR count). The van der Waals surface area contributed by atoms with Gasteiger partial charge in [-0.2, -0.15) is 0 Å². The van der Waals surface area contributed by atoms with Gasteiger partial charge in [0.2, 0.25) is 11.8 Å². The number of aryl methyl sites for hydroxylation is 1. The number of carbonyl (C=O) groups excluding carboxylic acids is 3. The molecule has 2 aliphatic rings. The Morgan fingerprint density at radius 2 is 1.97 bits per heavy atom. The van der Waals surface area contributed by atoms with Gasteiger partial charge in [-0.1, -0.05) is 24.3 Å². The summed E-state index contributed by atoms with van der Waals surface area (Å²) in [6.07, 6.45) is 0.936. The number of thiophene rings is 1. The van der Waals surface area contributed by atoms with Crippen molar-refractivity contribution in [2.24, 2.45) is 0 Å². The van der Waals surface area contributed by atoms with Gasteiger partial charge in [-0.25, -0.2) is 0 Å². The van der Waals surface area contributed by atoms with Crippen molar-refractivity contribution >= 4 is 34.1 Å². The highest BCUT2D eigenvalue weighted by Crippen LogP contribution is 2.41. The summed E-state index contributed by atoms with van der Waals surface area (Å²) in [5, 5.41) is 10.0. The Morgan fingerprint density at radius 3 is 2.70 bits per heavy atom. The molecule has 7 nitrogen and oxygen atoms in total. The summed E-state index contributed by atoms with van der Waals surface area (Å²) in [6.45, 7) is 2.97. The lowest BCUT2D eigenvalue weighted by atomic mass is 10.0. The SMILES string of the molecule is Cc1ccccc1CC(=O)N1CCc2c(sc3c2C(=O)N(C)CC(=O)N3CCO)C1. The second kappa shape index (κ2) is 8.20. The number of amides is 3. The van der Waals surface area contributed by atoms with Crippen LogP contribution < -0.4 is 4.90 Å². The van der Waals surface area contributed by atoms with Crippen LogP contribution in [-0.2, 0) is 29.0 Å². The third-order valence-corrected chi connectivity index (χ3v) is 7.04. The van der Waals surface area contributed by atoms with Gasteiger partial charge in [-0.15, -0.1) is 11.3 Å². The van der Waals surface area contributed by atoms with Crippen LogP contribution >= 0.6 is 11.3 Å². The number of aliphatic hydroxyl groups is 1. The lowest BCUT2D eigenvalue weighted by Gasteiger charge is -2.28. The predicted octanol–water partition coefficient (Wildman–Crippen LogP) is 1.59. The molecule has 8 heteroatoms. The molecule has 0 fully saturated rings. The second-order valence-electron chi connectivity index (χ2n) is 7.78. The fourth-order valence-electron chi connectivity index (χ4n) is 4.09. The van der Waals surface area contributed by atoms with E-state index in [2.05, 4.69) is 0 Å². The van der Waals surface area contributed by atoms with Crippen molar-refractivity contribution in [3.05, 3.63) is 51.4 Å². The molecule has 1 aromatic carbocycles. The van der Waals surface area contributed by atoms with Gasteiger partial charge in [0.15, 0.2) is 0 Å². The van der Waals surface area contributed by atoms with Crippen LogP contribution in [0.5, 0.6) is 0 Å². The second-order valence-corrected chi connectivity index (χ2v) is 8.87. The number of anilines is 1. The Balaban J connectivity index is 1.62. The normalized spacial score (nSPS) is 16.4. The first kappa shape index (κ1) is 20.6. The molecule has 0 saturated heterocycles. The maximum atomic E-state index is 13.0. The number of β-amino-alcohol motifs (C(OH)–C–C–N with tert-alkyl or cyclic N) is 1. The zero-order valence-corrected chi connectivity index (χ0v) is 18.0. The molecule has 0 atom stereocenters. The van der Waals surface area contributed by atoms with E-state index in [1.54, 1.807) is 7.05 Å². The van der Waals surface area contributed by atoms with Crippen LogP contribution in [0.4, 0.5) is 5.00 Å². The molecule has 0 saturated carbocycles. The van der Waals surface area contributed by atoms with Gasteiger partial charge in [0.1, 0.15) is 11.5 Å². The van der Waals surface area contributed by atoms with Crippen LogP contribution in [0.2, 0.25) is 0 Å². The van der Waals surface area contributed by atoms with Crippen molar-refractivity contribution in [2.75, 3.05) is 38.2 Å². The minimum absolute atomic E-state index is 0.00392. The van der Waals surface area contributed by atoms with E-state index in [1.807, 2.05) is 36.1 Å². The molecular weight excluding hydrogens is 402 g/mol. The molecule has 2 aliphatic heterocycles. The smallest absolute Gasteiger partial charge is 0.257 e. The lowest BCUT2D eigenvalue weighted by molar-refractivity contribution is -0.131. The molecule has 0 unspecified atom stereocenters. The van der Waals surface area contributed by atoms with Gasteiger partial charge in [-0.3, -0.25) is 19.3 Å². The van der Waals surface area contributed by atoms with Gasteiger partial charge in [0, 0.05) is 25.0 Å². The summed E-state index contributed by atoms with van der Waals surface area (Å²) in [4.78, 5) is 44.2. The van der Waals surface area contributed by atoms with Gasteiger partial charge in [0.05, 0.1) is 25.1 Å². The van der Waals surface area contributed by atoms with Crippen molar-refractivity contribution in [3.63, 3.8) is 0 Å². The number of benzene rings is 1. The maximum Gasteiger partial charge on any atom is 0.257 e. The molecule has 0 spiro atoms. The first-order valence-electron chi connectivity index (χ1n) is 10.0. The van der Waals surface area contributed by atoms with E-state index < -0.39 is 0 Å². The van der Waals surface area contributed by atoms with E-state index in [9.17, 15) is 19.5 Å². The number of carbonyl (C=O) groups is 3. The number of fused-ring (bicyclic) bond motifs is 3. The van der Waals surface area contributed by atoms with Crippen LogP contribution in [0, 0.1) is 6.92 Å². The fourth-order valence-corrected chi connectivity index (χ4v) is 5.48. The quantitative estimate of drug-likeness (QED) is 0.804. The zero-order valence-electron chi connectivity index (χ0n) is 17.2. The highest BCUT2D eigenvalue weighted by Gasteiger charge is 2.37. The third-order valence-electron chi connectivity index (χ3n) is 5.80. The standard InChI is InChI=1S/C22H25N3O4S/c1-14-5-3-4-6-15(14)11-18(27)24-8-7-16-17(12-24)30-22-20(16)21(29)23(2)13-19(28)25(22)9-10-26/h3-6,26H,7-13H2,1-2H3. The Labute approximate surface area is 179 Å². The van der Waals surface area contributed by atoms with Crippen molar-refractivity contribution < 1.29 is 19.5 Å². The van der Waals surface area contributed by atoms with E-state index in [4.69, 9.17) is 0 Å². The van der Waals surface area contributed by atoms with Gasteiger partial charge in [-0.05, 0) is 30.0 Å². The molecule has 0 bridgehead atoms. The van der Waals surface area contributed by atoms with Crippen molar-refractivity contribution in [2.45, 2.75) is 26.3 Å². The topological polar surface area (TPSA) is 81.2 Å². The molecular formula is C22H25N3O4S. The average molecular weight is 428 g/mol. The monoisotopic (exact) mass is 427 g/mol. The molecule has 3 heterocycles. The van der Waals surface area contributed by atoms with E-state index >= 15 is 0 Å². The van der Waals surface area contributed by atoms with Crippen LogP contribution in [0.3, 0.4) is 0 Å². The molecule has 2 aromatic rings. The lowest BCUT2D eigenvalue weighted by Crippen LogP contribution is -2.39. The first-order valence-corrected chi connectivity index (χ1v) is 10.9. The van der Waals surface area contributed by atoms with Crippen LogP contribution in [0.15, 0.2) is 24.3 Å². The Bertz CT molecular complexity index is 1020. The fraction of sp³-hybridized carbons (Fsp3) is 0.409. The van der Waals surface area contributed by atoms with E-state index in [0.717, 1.165) is 21.6 Å². The number of hydrogen-bond donors (Lipinski definition) is 1. The summed E-state index contributed by atoms with van der Waals surface area (Å²) < 4.78 is 0. The molecule has 0 aliphatic carbocycles. The molecule has 3 amide bonds. The van der Waals surface area contributed by atoms with E-state index in [0.29, 0.717) is 36.5 Å². The molecule has 1 aromatic heterocycles. The number of likely N-dealkylation sites (N-methyl/N-ethyl adjacent to an activating group) is 1. The van der Waals surface area contributed by atoms with Crippen molar-refractivity contribution in [1.82, 2.24) is 9.80 Å². The van der Waals surface area contributed by atoms with E-state index in [1.165, 1.54) is 21.1 Å². The zero-order chi connectivity index (χ0) is 21.4. The highest BCUT2D eigenvalue weighted by molar-refractivity contribution is 7.17. The first-order chi connectivity index (χ1) is 14.4. The summed E-state index contributed by atoms with van der Waals surface area (Å²) >= 11 is 1.39. The maximum absolute atomic E-state index is 13.0. The van der Waals surface area contributed by atoms with Crippen molar-refractivity contribution in [1.29, 1.82) is 0 Å². The minimum Gasteiger partial charge on any atom is -0.395 e. The predicted molar refractivity (Wildman–Crippen MR) is 115 cm³/mol. The Morgan fingerprint density at radius 1 is 1.20 bits per heavy atom. The number of rotatable bonds is 4. The number of aliphatic hydroxyl groups excluding tert-OH is 1. The Kier molecular flexibility index (Phi) is 5.62. The molecule has 0 radical (unpaired) electrons. The van der Waals surface area contributed by atoms with Gasteiger partial charge < -0.3 is 14.9 Å².